The summed E-state index contributed by atoms with van der Waals surface area (Å²) in [6.45, 7) is 2.54. The Labute approximate surface area is 188 Å². The number of hydrogen-bond donors (Lipinski definition) is 2. The third-order valence-electron chi connectivity index (χ3n) is 4.02. The summed E-state index contributed by atoms with van der Waals surface area (Å²) in [6, 6.07) is 10.7. The number of benzene rings is 2. The van der Waals surface area contributed by atoms with Crippen molar-refractivity contribution in [2.24, 2.45) is 5.16 Å². The van der Waals surface area contributed by atoms with Gasteiger partial charge in [-0.1, -0.05) is 23.8 Å². The van der Waals surface area contributed by atoms with Crippen molar-refractivity contribution in [3.63, 3.8) is 0 Å². The van der Waals surface area contributed by atoms with Gasteiger partial charge in [0, 0.05) is 21.8 Å². The van der Waals surface area contributed by atoms with Crippen LogP contribution in [0.5, 0.6) is 0 Å². The Hall–Kier alpha value is -3.50. The van der Waals surface area contributed by atoms with Gasteiger partial charge in [0.15, 0.2) is 0 Å². The smallest absolute Gasteiger partial charge is 0.338 e. The topological polar surface area (TPSA) is 140 Å². The highest BCUT2D eigenvalue weighted by Gasteiger charge is 2.20. The number of esters is 1. The molecule has 2 aromatic rings. The van der Waals surface area contributed by atoms with E-state index in [2.05, 4.69) is 9.99 Å². The second-order valence-electron chi connectivity index (χ2n) is 6.32. The summed E-state index contributed by atoms with van der Waals surface area (Å²) in [5.74, 6) is -3.15. The molecule has 0 spiro atoms. The summed E-state index contributed by atoms with van der Waals surface area (Å²) in [6.07, 6.45) is 0.0854. The lowest BCUT2D eigenvalue weighted by molar-refractivity contribution is -0.143. The Morgan fingerprint density at radius 1 is 1.00 bits per heavy atom. The number of hydrogen-bond acceptors (Lipinski definition) is 9. The molecule has 0 radical (unpaired) electrons. The van der Waals surface area contributed by atoms with E-state index < -0.39 is 23.7 Å². The van der Waals surface area contributed by atoms with Crippen molar-refractivity contribution < 1.29 is 39.0 Å². The van der Waals surface area contributed by atoms with Crippen molar-refractivity contribution in [1.29, 1.82) is 0 Å². The first kappa shape index (κ1) is 24.8. The van der Waals surface area contributed by atoms with Gasteiger partial charge in [-0.3, -0.25) is 4.79 Å². The molecule has 0 heterocycles. The first-order chi connectivity index (χ1) is 15.3. The lowest BCUT2D eigenvalue weighted by atomic mass is 10.0. The molecule has 2 N–H and O–H groups in total. The van der Waals surface area contributed by atoms with Gasteiger partial charge in [-0.25, -0.2) is 14.4 Å². The highest BCUT2D eigenvalue weighted by atomic mass is 32.2. The first-order valence-electron chi connectivity index (χ1n) is 9.49. The average Bonchev–Trinajstić information content (AvgIpc) is 2.80. The van der Waals surface area contributed by atoms with E-state index in [-0.39, 0.29) is 36.5 Å². The predicted molar refractivity (Wildman–Crippen MR) is 115 cm³/mol. The van der Waals surface area contributed by atoms with Gasteiger partial charge in [-0.15, -0.1) is 0 Å². The van der Waals surface area contributed by atoms with Gasteiger partial charge in [0.1, 0.15) is 12.3 Å². The van der Waals surface area contributed by atoms with Gasteiger partial charge < -0.3 is 19.8 Å². The molecule has 0 aliphatic carbocycles. The number of carbonyl (C=O) groups excluding carboxylic acids is 3. The van der Waals surface area contributed by atoms with Crippen molar-refractivity contribution in [2.45, 2.75) is 30.1 Å². The van der Waals surface area contributed by atoms with Gasteiger partial charge in [-0.2, -0.15) is 0 Å². The van der Waals surface area contributed by atoms with Crippen molar-refractivity contribution in [2.75, 3.05) is 13.2 Å². The number of nitrogens with zero attached hydrogens (tertiary/aromatic N) is 1. The van der Waals surface area contributed by atoms with E-state index in [9.17, 15) is 24.3 Å². The lowest BCUT2D eigenvalue weighted by Crippen LogP contribution is -2.16. The highest BCUT2D eigenvalue weighted by molar-refractivity contribution is 7.99. The second-order valence-corrected chi connectivity index (χ2v) is 7.47. The van der Waals surface area contributed by atoms with Crippen LogP contribution in [-0.2, 0) is 14.4 Å². The molecule has 0 amide bonds. The van der Waals surface area contributed by atoms with Crippen molar-refractivity contribution in [3.8, 4) is 0 Å². The fourth-order valence-corrected chi connectivity index (χ4v) is 3.26. The number of aliphatic hydroxyl groups is 1. The molecule has 10 heteroatoms. The van der Waals surface area contributed by atoms with E-state index in [1.165, 1.54) is 30.8 Å². The van der Waals surface area contributed by atoms with Gasteiger partial charge in [0.05, 0.1) is 17.7 Å². The monoisotopic (exact) mass is 459 g/mol. The van der Waals surface area contributed by atoms with Crippen LogP contribution in [-0.4, -0.2) is 52.8 Å². The summed E-state index contributed by atoms with van der Waals surface area (Å²) in [7, 11) is 0. The van der Waals surface area contributed by atoms with E-state index in [0.29, 0.717) is 10.5 Å². The number of ether oxygens (including phenoxy) is 1. The molecule has 9 nitrogen and oxygen atoms in total. The van der Waals surface area contributed by atoms with E-state index in [1.54, 1.807) is 37.3 Å². The molecule has 0 aliphatic rings. The molecule has 0 aliphatic heterocycles. The molecular weight excluding hydrogens is 438 g/mol. The van der Waals surface area contributed by atoms with E-state index in [4.69, 9.17) is 9.84 Å². The van der Waals surface area contributed by atoms with Crippen LogP contribution in [0.2, 0.25) is 0 Å². The maximum Gasteiger partial charge on any atom is 0.338 e. The number of oxime groups is 1. The van der Waals surface area contributed by atoms with Gasteiger partial charge in [0.2, 0.25) is 5.78 Å². The van der Waals surface area contributed by atoms with Crippen LogP contribution < -0.4 is 0 Å². The van der Waals surface area contributed by atoms with Crippen LogP contribution in [0.4, 0.5) is 0 Å². The van der Waals surface area contributed by atoms with E-state index >= 15 is 0 Å². The quantitative estimate of drug-likeness (QED) is 0.180. The Bertz CT molecular complexity index is 1050. The highest BCUT2D eigenvalue weighted by Crippen LogP contribution is 2.30. The number of Topliss-reactive ketones (excluding diaryl/α,β-unsaturated/α-hetero) is 1. The molecule has 2 rings (SSSR count). The zero-order chi connectivity index (χ0) is 23.7. The van der Waals surface area contributed by atoms with Crippen LogP contribution in [0.15, 0.2) is 57.4 Å². The standard InChI is InChI=1S/C22H21NO8S/c1-3-19(25)31-23-13(2)20(26)17-9-8-16(12-18(17)21(27)28)32-15-6-4-14(5-7-15)22(29)30-11-10-24/h4-9,12,24H,3,10-11H2,1-2H3,(H,27,28)/b23-13+. The third kappa shape index (κ3) is 6.76. The Morgan fingerprint density at radius 3 is 2.25 bits per heavy atom. The largest absolute Gasteiger partial charge is 0.478 e. The van der Waals surface area contributed by atoms with Crippen molar-refractivity contribution in [1.82, 2.24) is 0 Å². The van der Waals surface area contributed by atoms with Crippen LogP contribution in [0.1, 0.15) is 51.3 Å². The second kappa shape index (κ2) is 11.8. The molecular formula is C22H21NO8S. The molecule has 168 valence electrons. The minimum Gasteiger partial charge on any atom is -0.478 e. The van der Waals surface area contributed by atoms with Crippen molar-refractivity contribution in [3.05, 3.63) is 59.2 Å². The Morgan fingerprint density at radius 2 is 1.66 bits per heavy atom. The molecule has 0 fully saturated rings. The molecule has 0 aromatic heterocycles. The number of carboxylic acids is 1. The molecule has 2 aromatic carbocycles. The Balaban J connectivity index is 2.21. The zero-order valence-corrected chi connectivity index (χ0v) is 18.2. The van der Waals surface area contributed by atoms with Gasteiger partial charge >= 0.3 is 17.9 Å². The number of ketones is 1. The normalized spacial score (nSPS) is 11.0. The van der Waals surface area contributed by atoms with Crippen LogP contribution in [0, 0.1) is 0 Å². The van der Waals surface area contributed by atoms with E-state index in [0.717, 1.165) is 4.90 Å². The Kier molecular flexibility index (Phi) is 9.11. The zero-order valence-electron chi connectivity index (χ0n) is 17.4. The van der Waals surface area contributed by atoms with Gasteiger partial charge in [-0.05, 0) is 49.4 Å². The summed E-state index contributed by atoms with van der Waals surface area (Å²) in [5.41, 5.74) is -0.148. The molecule has 0 atom stereocenters. The van der Waals surface area contributed by atoms with Gasteiger partial charge in [0.25, 0.3) is 0 Å². The van der Waals surface area contributed by atoms with Crippen LogP contribution in [0.3, 0.4) is 0 Å². The molecule has 0 saturated heterocycles. The number of rotatable bonds is 10. The number of carboxylic acid groups (broad SMARTS) is 1. The SMILES string of the molecule is CCC(=O)O/N=C(\C)C(=O)c1ccc(Sc2ccc(C(=O)OCCO)cc2)cc1C(=O)O. The van der Waals surface area contributed by atoms with Crippen LogP contribution in [0.25, 0.3) is 0 Å². The maximum atomic E-state index is 12.6. The summed E-state index contributed by atoms with van der Waals surface area (Å²) in [4.78, 5) is 53.1. The lowest BCUT2D eigenvalue weighted by Gasteiger charge is -2.09. The fourth-order valence-electron chi connectivity index (χ4n) is 2.40. The minimum atomic E-state index is -1.30. The predicted octanol–water partition coefficient (Wildman–Crippen LogP) is 3.20. The maximum absolute atomic E-state index is 12.6. The third-order valence-corrected chi connectivity index (χ3v) is 5.02. The molecule has 0 unspecified atom stereocenters. The summed E-state index contributed by atoms with van der Waals surface area (Å²) in [5, 5.41) is 21.7. The number of aromatic carboxylic acids is 1. The fraction of sp³-hybridized carbons (Fsp3) is 0.227. The summed E-state index contributed by atoms with van der Waals surface area (Å²) >= 11 is 1.24. The van der Waals surface area contributed by atoms with E-state index in [1.807, 2.05) is 0 Å². The molecule has 0 saturated carbocycles. The molecule has 0 bridgehead atoms. The average molecular weight is 459 g/mol. The minimum absolute atomic E-state index is 0.0854. The number of carbonyl (C=O) groups is 4. The summed E-state index contributed by atoms with van der Waals surface area (Å²) < 4.78 is 4.84. The van der Waals surface area contributed by atoms with Crippen molar-refractivity contribution >= 4 is 41.2 Å². The first-order valence-corrected chi connectivity index (χ1v) is 10.3. The number of aliphatic hydroxyl groups excluding tert-OH is 1. The molecule has 32 heavy (non-hydrogen) atoms. The van der Waals surface area contributed by atoms with Crippen LogP contribution >= 0.6 is 11.8 Å².